The van der Waals surface area contributed by atoms with Crippen LogP contribution < -0.4 is 33.6 Å². The molecule has 0 aliphatic heterocycles. The van der Waals surface area contributed by atoms with Crippen LogP contribution in [0.4, 0.5) is 11.4 Å². The SMILES string of the molecule is Cl.NC(=NCCCCCCN=C(N)N=C(N)Nc1ccc(Cl)cc1)N=C(N)Nc1ccc(Cl)cc1. The van der Waals surface area contributed by atoms with Gasteiger partial charge in [-0.2, -0.15) is 9.98 Å². The second kappa shape index (κ2) is 16.4. The van der Waals surface area contributed by atoms with Gasteiger partial charge in [-0.15, -0.1) is 12.4 Å². The van der Waals surface area contributed by atoms with Crippen LogP contribution >= 0.6 is 35.6 Å². The summed E-state index contributed by atoms with van der Waals surface area (Å²) in [5.74, 6) is 0.564. The first-order valence-corrected chi connectivity index (χ1v) is 11.4. The van der Waals surface area contributed by atoms with Gasteiger partial charge in [-0.1, -0.05) is 36.0 Å². The quantitative estimate of drug-likeness (QED) is 0.160. The fraction of sp³-hybridized carbons (Fsp3) is 0.273. The third kappa shape index (κ3) is 13.3. The number of hydrogen-bond acceptors (Lipinski definition) is 2. The average molecular weight is 542 g/mol. The maximum atomic E-state index is 5.85. The number of rotatable bonds is 9. The van der Waals surface area contributed by atoms with E-state index in [0.29, 0.717) is 23.1 Å². The molecule has 2 rings (SSSR count). The summed E-state index contributed by atoms with van der Waals surface area (Å²) in [6.45, 7) is 1.12. The number of halogens is 3. The van der Waals surface area contributed by atoms with Crippen molar-refractivity contribution in [3.05, 3.63) is 58.6 Å². The van der Waals surface area contributed by atoms with E-state index in [1.165, 1.54) is 0 Å². The number of unbranched alkanes of at least 4 members (excludes halogenated alkanes) is 3. The fourth-order valence-electron chi connectivity index (χ4n) is 2.70. The molecule has 0 aromatic heterocycles. The summed E-state index contributed by atoms with van der Waals surface area (Å²) in [5, 5.41) is 7.11. The van der Waals surface area contributed by atoms with Crippen molar-refractivity contribution >= 4 is 70.8 Å². The van der Waals surface area contributed by atoms with Gasteiger partial charge < -0.3 is 33.6 Å². The van der Waals surface area contributed by atoms with Crippen molar-refractivity contribution in [3.63, 3.8) is 0 Å². The normalized spacial score (nSPS) is 12.7. The lowest BCUT2D eigenvalue weighted by Crippen LogP contribution is -2.26. The van der Waals surface area contributed by atoms with E-state index in [4.69, 9.17) is 46.1 Å². The minimum absolute atomic E-state index is 0. The molecule has 0 radical (unpaired) electrons. The number of nitrogens with two attached hydrogens (primary N) is 4. The zero-order valence-electron chi connectivity index (χ0n) is 19.1. The van der Waals surface area contributed by atoms with Gasteiger partial charge in [0.05, 0.1) is 0 Å². The standard InChI is InChI=1S/C22H30Cl2N10.ClH/c23-15-5-9-17(10-6-15)31-21(27)33-19(25)29-13-3-1-2-4-14-30-20(26)34-22(28)32-18-11-7-16(24)8-12-18;/h5-12H,1-4,13-14H2,(H5,25,27,29,31,33)(H5,26,28,30,32,34);1H. The Balaban J connectivity index is 0.00000612. The van der Waals surface area contributed by atoms with Crippen molar-refractivity contribution < 1.29 is 0 Å². The Morgan fingerprint density at radius 2 is 0.943 bits per heavy atom. The van der Waals surface area contributed by atoms with E-state index >= 15 is 0 Å². The van der Waals surface area contributed by atoms with Gasteiger partial charge in [-0.3, -0.25) is 9.98 Å². The molecule has 0 heterocycles. The van der Waals surface area contributed by atoms with E-state index in [2.05, 4.69) is 30.6 Å². The van der Waals surface area contributed by atoms with Crippen molar-refractivity contribution in [2.75, 3.05) is 23.7 Å². The molecule has 0 saturated heterocycles. The van der Waals surface area contributed by atoms with Crippen LogP contribution in [0, 0.1) is 0 Å². The lowest BCUT2D eigenvalue weighted by molar-refractivity contribution is 0.653. The van der Waals surface area contributed by atoms with E-state index in [1.807, 2.05) is 0 Å². The first kappa shape index (κ1) is 29.8. The second-order valence-electron chi connectivity index (χ2n) is 7.15. The Morgan fingerprint density at radius 1 is 0.600 bits per heavy atom. The van der Waals surface area contributed by atoms with Crippen molar-refractivity contribution in [1.82, 2.24) is 0 Å². The molecule has 13 heteroatoms. The first-order valence-electron chi connectivity index (χ1n) is 10.6. The number of nitrogens with zero attached hydrogens (tertiary/aromatic N) is 4. The molecule has 0 aliphatic carbocycles. The van der Waals surface area contributed by atoms with Crippen molar-refractivity contribution in [3.8, 4) is 0 Å². The van der Waals surface area contributed by atoms with Gasteiger partial charge in [0.1, 0.15) is 0 Å². The molecule has 0 atom stereocenters. The smallest absolute Gasteiger partial charge is 0.218 e. The summed E-state index contributed by atoms with van der Waals surface area (Å²) in [4.78, 5) is 16.5. The van der Waals surface area contributed by atoms with Crippen molar-refractivity contribution in [1.29, 1.82) is 0 Å². The van der Waals surface area contributed by atoms with Crippen LogP contribution in [-0.4, -0.2) is 36.9 Å². The molecule has 2 aromatic carbocycles. The van der Waals surface area contributed by atoms with Gasteiger partial charge in [-0.05, 0) is 61.4 Å². The molecule has 2 aromatic rings. The Morgan fingerprint density at radius 3 is 1.29 bits per heavy atom. The molecule has 10 nitrogen and oxygen atoms in total. The largest absolute Gasteiger partial charge is 0.369 e. The maximum Gasteiger partial charge on any atom is 0.218 e. The summed E-state index contributed by atoms with van der Waals surface area (Å²) in [6.07, 6.45) is 3.68. The highest BCUT2D eigenvalue weighted by Gasteiger charge is 1.99. The fourth-order valence-corrected chi connectivity index (χ4v) is 2.95. The Hall–Kier alpha value is -3.21. The van der Waals surface area contributed by atoms with Crippen LogP contribution in [0.5, 0.6) is 0 Å². The summed E-state index contributed by atoms with van der Waals surface area (Å²) in [7, 11) is 0. The van der Waals surface area contributed by atoms with E-state index < -0.39 is 0 Å². The molecule has 190 valence electrons. The molecule has 0 bridgehead atoms. The van der Waals surface area contributed by atoms with Crippen LogP contribution in [0.3, 0.4) is 0 Å². The number of aliphatic imine (C=N–C) groups is 4. The molecule has 0 spiro atoms. The highest BCUT2D eigenvalue weighted by Crippen LogP contribution is 2.13. The molecule has 0 saturated carbocycles. The predicted molar refractivity (Wildman–Crippen MR) is 152 cm³/mol. The van der Waals surface area contributed by atoms with Crippen LogP contribution in [0.15, 0.2) is 68.5 Å². The van der Waals surface area contributed by atoms with Crippen LogP contribution in [-0.2, 0) is 0 Å². The molecule has 0 fully saturated rings. The van der Waals surface area contributed by atoms with Gasteiger partial charge in [-0.25, -0.2) is 0 Å². The van der Waals surface area contributed by atoms with Gasteiger partial charge >= 0.3 is 0 Å². The van der Waals surface area contributed by atoms with E-state index in [1.54, 1.807) is 48.5 Å². The van der Waals surface area contributed by atoms with Gasteiger partial charge in [0.25, 0.3) is 0 Å². The number of benzene rings is 2. The Bertz CT molecular complexity index is 935. The zero-order chi connectivity index (χ0) is 24.8. The molecule has 35 heavy (non-hydrogen) atoms. The lowest BCUT2D eigenvalue weighted by atomic mass is 10.2. The van der Waals surface area contributed by atoms with Crippen LogP contribution in [0.1, 0.15) is 25.7 Å². The van der Waals surface area contributed by atoms with Crippen LogP contribution in [0.25, 0.3) is 0 Å². The number of guanidine groups is 4. The van der Waals surface area contributed by atoms with Gasteiger partial charge in [0.15, 0.2) is 0 Å². The first-order chi connectivity index (χ1) is 16.3. The van der Waals surface area contributed by atoms with Gasteiger partial charge in [0, 0.05) is 34.5 Å². The summed E-state index contributed by atoms with van der Waals surface area (Å²) in [6, 6.07) is 14.1. The molecule has 0 unspecified atom stereocenters. The predicted octanol–water partition coefficient (Wildman–Crippen LogP) is 3.76. The molecule has 0 amide bonds. The highest BCUT2D eigenvalue weighted by atomic mass is 35.5. The molecular weight excluding hydrogens is 511 g/mol. The van der Waals surface area contributed by atoms with Crippen molar-refractivity contribution in [2.24, 2.45) is 42.9 Å². The number of nitrogens with one attached hydrogen (secondary N) is 2. The monoisotopic (exact) mass is 540 g/mol. The topological polar surface area (TPSA) is 178 Å². The minimum Gasteiger partial charge on any atom is -0.369 e. The Labute approximate surface area is 221 Å². The number of hydrogen-bond donors (Lipinski definition) is 6. The molecule has 10 N–H and O–H groups in total. The average Bonchev–Trinajstić information content (AvgIpc) is 2.78. The third-order valence-corrected chi connectivity index (χ3v) is 4.82. The second-order valence-corrected chi connectivity index (χ2v) is 8.02. The van der Waals surface area contributed by atoms with E-state index in [0.717, 1.165) is 37.1 Å². The van der Waals surface area contributed by atoms with E-state index in [9.17, 15) is 0 Å². The highest BCUT2D eigenvalue weighted by molar-refractivity contribution is 6.31. The van der Waals surface area contributed by atoms with E-state index in [-0.39, 0.29) is 36.2 Å². The van der Waals surface area contributed by atoms with Gasteiger partial charge in [0.2, 0.25) is 23.8 Å². The zero-order valence-corrected chi connectivity index (χ0v) is 21.5. The van der Waals surface area contributed by atoms with Crippen LogP contribution in [0.2, 0.25) is 10.0 Å². The lowest BCUT2D eigenvalue weighted by Gasteiger charge is -2.05. The summed E-state index contributed by atoms with van der Waals surface area (Å²) < 4.78 is 0. The summed E-state index contributed by atoms with van der Waals surface area (Å²) in [5.41, 5.74) is 24.8. The molecule has 0 aliphatic rings. The number of anilines is 2. The summed E-state index contributed by atoms with van der Waals surface area (Å²) >= 11 is 11.7. The maximum absolute atomic E-state index is 5.85. The molecular formula is C22H31Cl3N10. The third-order valence-electron chi connectivity index (χ3n) is 4.32. The Kier molecular flexibility index (Phi) is 14.0. The minimum atomic E-state index is 0. The van der Waals surface area contributed by atoms with Crippen molar-refractivity contribution in [2.45, 2.75) is 25.7 Å².